The molecule has 11 N–H and O–H groups in total. The summed E-state index contributed by atoms with van der Waals surface area (Å²) in [6, 6.07) is 14.2. The Bertz CT molecular complexity index is 3350. The van der Waals surface area contributed by atoms with E-state index < -0.39 is 53.3 Å². The molecule has 25 heteroatoms. The maximum Gasteiger partial charge on any atom is 0.416 e. The Hall–Kier alpha value is -6.93. The summed E-state index contributed by atoms with van der Waals surface area (Å²) in [5, 5.41) is 16.1. The number of rotatable bonds is 12. The summed E-state index contributed by atoms with van der Waals surface area (Å²) >= 11 is 10.2. The van der Waals surface area contributed by atoms with E-state index in [0.717, 1.165) is 47.1 Å². The predicted molar refractivity (Wildman–Crippen MR) is 269 cm³/mol. The third-order valence-electron chi connectivity index (χ3n) is 9.93. The van der Waals surface area contributed by atoms with Gasteiger partial charge in [-0.1, -0.05) is 6.07 Å². The number of urea groups is 1. The standard InChI is InChI=1S/C17H12F3N3O3S.C16H14BrNO4S.C13H11BrN2O4S/c18-17(19,20)8-2-1-3-9(6-8)22-16(26)23-15-13(14(21)25)11-5-4-10(24)7-12(11)27-15;1-7(19)22-12-6-13-9(4-10(12)17)15(16(18)21)14(23-13)5-11(20)8-2-3-8;1-5(17)20-8-3-9-6(2-7(8)14)12(13(16)19)10(21-9)4-11(15)18/h1-7,24H,(H2,21,25)(H2,22,23,26);4,6,8H,2-3,5H2,1H3,(H2,18,21);2-3H,4H2,1H3,(H2,15,18)(H2,16,19). The van der Waals surface area contributed by atoms with Gasteiger partial charge in [0.2, 0.25) is 17.7 Å². The van der Waals surface area contributed by atoms with Crippen molar-refractivity contribution < 1.29 is 66.1 Å². The number of ketones is 1. The molecule has 0 atom stereocenters. The number of nitrogens with two attached hydrogens (primary N) is 4. The Morgan fingerprint density at radius 3 is 1.63 bits per heavy atom. The first-order valence-corrected chi connectivity index (χ1v) is 24.4. The number of carbonyl (C=O) groups excluding carboxylic acids is 8. The maximum atomic E-state index is 12.7. The van der Waals surface area contributed by atoms with E-state index in [0.29, 0.717) is 61.3 Å². The number of aromatic hydroxyl groups is 1. The molecule has 1 aliphatic carbocycles. The highest BCUT2D eigenvalue weighted by Crippen LogP contribution is 2.42. The number of benzene rings is 4. The van der Waals surface area contributed by atoms with Gasteiger partial charge in [0.1, 0.15) is 28.0 Å². The molecular weight excluding hydrogens is 1130 g/mol. The number of phenols is 1. The zero-order valence-electron chi connectivity index (χ0n) is 36.7. The Labute approximate surface area is 427 Å². The molecule has 4 aromatic carbocycles. The number of amides is 6. The minimum Gasteiger partial charge on any atom is -0.508 e. The fourth-order valence-electron chi connectivity index (χ4n) is 6.88. The molecule has 1 aliphatic rings. The molecule has 8 rings (SSSR count). The molecule has 370 valence electrons. The van der Waals surface area contributed by atoms with Crippen LogP contribution in [0.5, 0.6) is 17.2 Å². The van der Waals surface area contributed by atoms with Crippen molar-refractivity contribution in [2.24, 2.45) is 28.9 Å². The van der Waals surface area contributed by atoms with Crippen LogP contribution in [0, 0.1) is 5.92 Å². The highest BCUT2D eigenvalue weighted by molar-refractivity contribution is 9.11. The topological polar surface area (TPSA) is 303 Å². The first kappa shape index (κ1) is 53.4. The Kier molecular flexibility index (Phi) is 16.6. The number of primary amides is 4. The van der Waals surface area contributed by atoms with Gasteiger partial charge < -0.3 is 42.8 Å². The molecule has 7 aromatic rings. The lowest BCUT2D eigenvalue weighted by atomic mass is 10.1. The van der Waals surface area contributed by atoms with E-state index in [2.05, 4.69) is 42.5 Å². The van der Waals surface area contributed by atoms with E-state index in [1.165, 1.54) is 60.8 Å². The minimum atomic E-state index is -4.54. The number of halogens is 5. The number of fused-ring (bicyclic) bond motifs is 3. The summed E-state index contributed by atoms with van der Waals surface area (Å²) in [6.45, 7) is 2.61. The third-order valence-corrected chi connectivity index (χ3v) is 14.5. The maximum absolute atomic E-state index is 12.7. The molecule has 3 aromatic heterocycles. The Morgan fingerprint density at radius 1 is 0.662 bits per heavy atom. The molecule has 3 heterocycles. The molecule has 0 saturated heterocycles. The van der Waals surface area contributed by atoms with Crippen LogP contribution in [0.1, 0.15) is 73.1 Å². The smallest absolute Gasteiger partial charge is 0.416 e. The number of carbonyl (C=O) groups is 8. The summed E-state index contributed by atoms with van der Waals surface area (Å²) in [5.74, 6) is -2.46. The van der Waals surface area contributed by atoms with E-state index in [4.69, 9.17) is 32.4 Å². The summed E-state index contributed by atoms with van der Waals surface area (Å²) in [4.78, 5) is 93.9. The highest BCUT2D eigenvalue weighted by atomic mass is 79.9. The van der Waals surface area contributed by atoms with Crippen molar-refractivity contribution >= 4 is 154 Å². The molecule has 0 bridgehead atoms. The fourth-order valence-corrected chi connectivity index (χ4v) is 11.3. The van der Waals surface area contributed by atoms with E-state index in [1.54, 1.807) is 24.3 Å². The van der Waals surface area contributed by atoms with Gasteiger partial charge in [0, 0.05) is 71.9 Å². The van der Waals surface area contributed by atoms with Crippen LogP contribution in [0.3, 0.4) is 0 Å². The number of alkyl halides is 3. The van der Waals surface area contributed by atoms with Gasteiger partial charge in [-0.25, -0.2) is 4.79 Å². The average Bonchev–Trinajstić information content (AvgIpc) is 3.86. The second-order valence-electron chi connectivity index (χ2n) is 15.3. The van der Waals surface area contributed by atoms with Crippen LogP contribution in [-0.2, 0) is 38.2 Å². The van der Waals surface area contributed by atoms with Crippen LogP contribution in [0.4, 0.5) is 28.7 Å². The van der Waals surface area contributed by atoms with Crippen LogP contribution in [0.25, 0.3) is 30.3 Å². The molecule has 71 heavy (non-hydrogen) atoms. The number of Topliss-reactive ketones (excluding diaryl/α,β-unsaturated/α-hetero) is 1. The molecule has 1 fully saturated rings. The van der Waals surface area contributed by atoms with E-state index >= 15 is 0 Å². The second kappa shape index (κ2) is 22.0. The van der Waals surface area contributed by atoms with Crippen molar-refractivity contribution in [3.63, 3.8) is 0 Å². The zero-order chi connectivity index (χ0) is 52.2. The van der Waals surface area contributed by atoms with Crippen LogP contribution in [-0.4, -0.2) is 52.5 Å². The zero-order valence-corrected chi connectivity index (χ0v) is 42.3. The van der Waals surface area contributed by atoms with Crippen LogP contribution in [0.2, 0.25) is 0 Å². The molecule has 6 amide bonds. The molecule has 0 radical (unpaired) electrons. The van der Waals surface area contributed by atoms with Crippen molar-refractivity contribution in [1.82, 2.24) is 0 Å². The number of thiophene rings is 3. The fraction of sp³-hybridized carbons (Fsp3) is 0.174. The van der Waals surface area contributed by atoms with E-state index in [-0.39, 0.29) is 52.1 Å². The van der Waals surface area contributed by atoms with Crippen LogP contribution >= 0.6 is 65.9 Å². The van der Waals surface area contributed by atoms with Crippen molar-refractivity contribution in [3.8, 4) is 17.2 Å². The number of ether oxygens (including phenoxy) is 2. The Balaban J connectivity index is 0.000000176. The third kappa shape index (κ3) is 13.3. The Morgan fingerprint density at radius 2 is 1.17 bits per heavy atom. The number of nitrogens with one attached hydrogen (secondary N) is 2. The van der Waals surface area contributed by atoms with Crippen molar-refractivity contribution in [1.29, 1.82) is 0 Å². The van der Waals surface area contributed by atoms with Crippen LogP contribution in [0.15, 0.2) is 75.7 Å². The molecule has 0 spiro atoms. The summed E-state index contributed by atoms with van der Waals surface area (Å²) in [6.07, 6.45) is -2.53. The number of hydrogen-bond donors (Lipinski definition) is 7. The van der Waals surface area contributed by atoms with Gasteiger partial charge >= 0.3 is 24.1 Å². The summed E-state index contributed by atoms with van der Waals surface area (Å²) in [5.41, 5.74) is 21.2. The van der Waals surface area contributed by atoms with Crippen LogP contribution < -0.4 is 43.0 Å². The first-order chi connectivity index (χ1) is 33.3. The quantitative estimate of drug-likeness (QED) is 0.0446. The summed E-state index contributed by atoms with van der Waals surface area (Å²) in [7, 11) is 0. The number of anilines is 2. The molecule has 17 nitrogen and oxygen atoms in total. The normalized spacial score (nSPS) is 12.0. The minimum absolute atomic E-state index is 0.0280. The number of phenolic OH excluding ortho intramolecular Hbond substituents is 1. The van der Waals surface area contributed by atoms with Crippen molar-refractivity contribution in [3.05, 3.63) is 108 Å². The highest BCUT2D eigenvalue weighted by Gasteiger charge is 2.32. The molecule has 0 aliphatic heterocycles. The van der Waals surface area contributed by atoms with Gasteiger partial charge in [-0.05, 0) is 105 Å². The van der Waals surface area contributed by atoms with Gasteiger partial charge in [0.25, 0.3) is 5.91 Å². The predicted octanol–water partition coefficient (Wildman–Crippen LogP) is 9.29. The monoisotopic (exact) mass is 1160 g/mol. The van der Waals surface area contributed by atoms with Gasteiger partial charge in [0.15, 0.2) is 0 Å². The summed E-state index contributed by atoms with van der Waals surface area (Å²) < 4.78 is 51.4. The number of hydrogen-bond acceptors (Lipinski definition) is 14. The van der Waals surface area contributed by atoms with E-state index in [9.17, 15) is 56.6 Å². The van der Waals surface area contributed by atoms with E-state index in [1.807, 2.05) is 0 Å². The van der Waals surface area contributed by atoms with Gasteiger partial charge in [-0.15, -0.1) is 34.0 Å². The first-order valence-electron chi connectivity index (χ1n) is 20.4. The van der Waals surface area contributed by atoms with Crippen molar-refractivity contribution in [2.75, 3.05) is 10.6 Å². The lowest BCUT2D eigenvalue weighted by Crippen LogP contribution is -2.21. The lowest BCUT2D eigenvalue weighted by molar-refractivity contribution is -0.137. The molecule has 1 saturated carbocycles. The van der Waals surface area contributed by atoms with Gasteiger partial charge in [-0.3, -0.25) is 38.9 Å². The number of esters is 2. The molecular formula is C46H37Br2F3N6O11S3. The second-order valence-corrected chi connectivity index (χ2v) is 20.4. The van der Waals surface area contributed by atoms with Crippen molar-refractivity contribution in [2.45, 2.75) is 45.7 Å². The largest absolute Gasteiger partial charge is 0.508 e. The lowest BCUT2D eigenvalue weighted by Gasteiger charge is -2.10. The SMILES string of the molecule is CC(=O)Oc1cc2sc(CC(=O)C3CC3)c(C(N)=O)c2cc1Br.CC(=O)Oc1cc2sc(CC(N)=O)c(C(N)=O)c2cc1Br.NC(=O)c1c(NC(=O)Nc2cccc(C(F)(F)F)c2)sc2cc(O)ccc12. The van der Waals surface area contributed by atoms with Gasteiger partial charge in [-0.2, -0.15) is 13.2 Å². The van der Waals surface area contributed by atoms with Gasteiger partial charge in [0.05, 0.1) is 37.6 Å². The average molecular weight is 1160 g/mol. The molecule has 0 unspecified atom stereocenters.